The first kappa shape index (κ1) is 12.6. The molecule has 0 radical (unpaired) electrons. The molecule has 106 valence electrons. The Hall–Kier alpha value is -3.08. The fourth-order valence-corrected chi connectivity index (χ4v) is 2.24. The number of nitrogens with zero attached hydrogens (tertiary/aromatic N) is 4. The van der Waals surface area contributed by atoms with E-state index in [1.54, 1.807) is 18.7 Å². The van der Waals surface area contributed by atoms with E-state index in [-0.39, 0.29) is 6.73 Å². The molecular formula is C17H12N4O. The Balaban J connectivity index is 1.89. The van der Waals surface area contributed by atoms with Gasteiger partial charge >= 0.3 is 0 Å². The van der Waals surface area contributed by atoms with Gasteiger partial charge in [0.15, 0.2) is 12.2 Å². The van der Waals surface area contributed by atoms with Crippen LogP contribution in [0.5, 0.6) is 0 Å². The van der Waals surface area contributed by atoms with E-state index in [2.05, 4.69) is 20.0 Å². The Morgan fingerprint density at radius 3 is 2.95 bits per heavy atom. The van der Waals surface area contributed by atoms with E-state index < -0.39 is 0 Å². The number of allylic oxidation sites excluding steroid dienone is 1. The van der Waals surface area contributed by atoms with E-state index in [1.165, 1.54) is 0 Å². The van der Waals surface area contributed by atoms with Gasteiger partial charge in [-0.3, -0.25) is 4.99 Å². The number of aliphatic imine (C=N–C) groups is 1. The third-order valence-corrected chi connectivity index (χ3v) is 3.39. The van der Waals surface area contributed by atoms with Gasteiger partial charge in [0.1, 0.15) is 5.69 Å². The summed E-state index contributed by atoms with van der Waals surface area (Å²) in [5, 5.41) is 2.85. The van der Waals surface area contributed by atoms with Gasteiger partial charge in [0.05, 0.1) is 17.8 Å². The summed E-state index contributed by atoms with van der Waals surface area (Å²) in [5.41, 5.74) is 2.51. The molecule has 0 atom stereocenters. The van der Waals surface area contributed by atoms with E-state index in [9.17, 15) is 0 Å². The van der Waals surface area contributed by atoms with Crippen molar-refractivity contribution in [2.75, 3.05) is 6.73 Å². The number of hydrogen-bond acceptors (Lipinski definition) is 5. The second-order valence-electron chi connectivity index (χ2n) is 4.83. The highest BCUT2D eigenvalue weighted by atomic mass is 16.5. The fraction of sp³-hybridized carbons (Fsp3) is 0.0588. The van der Waals surface area contributed by atoms with Gasteiger partial charge in [-0.1, -0.05) is 30.3 Å². The van der Waals surface area contributed by atoms with Gasteiger partial charge in [-0.05, 0) is 16.5 Å². The van der Waals surface area contributed by atoms with Crippen LogP contribution in [0, 0.1) is 0 Å². The number of fused-ring (bicyclic) bond motifs is 4. The zero-order chi connectivity index (χ0) is 14.8. The maximum atomic E-state index is 5.38. The molecule has 0 saturated heterocycles. The van der Waals surface area contributed by atoms with Crippen molar-refractivity contribution in [1.82, 2.24) is 4.98 Å². The lowest BCUT2D eigenvalue weighted by Gasteiger charge is -1.95. The predicted octanol–water partition coefficient (Wildman–Crippen LogP) is 0.105. The predicted molar refractivity (Wildman–Crippen MR) is 83.5 cm³/mol. The van der Waals surface area contributed by atoms with Gasteiger partial charge in [0, 0.05) is 18.0 Å². The molecule has 0 bridgehead atoms. The SMILES string of the molecule is C1=COCN=c2cnc3c(c2C=NC=c2ccccc2=C1)N=3. The number of pyridine rings is 1. The lowest BCUT2D eigenvalue weighted by Crippen LogP contribution is -2.22. The molecule has 0 amide bonds. The van der Waals surface area contributed by atoms with Gasteiger partial charge in [0.25, 0.3) is 0 Å². The molecule has 4 rings (SSSR count). The smallest absolute Gasteiger partial charge is 0.179 e. The van der Waals surface area contributed by atoms with E-state index in [1.807, 2.05) is 42.6 Å². The van der Waals surface area contributed by atoms with Crippen molar-refractivity contribution in [2.45, 2.75) is 0 Å². The van der Waals surface area contributed by atoms with Gasteiger partial charge < -0.3 is 4.74 Å². The second-order valence-corrected chi connectivity index (χ2v) is 4.83. The standard InChI is InChI=1S/C17H12N4O/c1-2-5-13-8-18-9-14-15(10-19-17-16(14)21-17)20-11-22-7-3-6-12(13)4-1/h1-10H,11H2. The first-order chi connectivity index (χ1) is 10.9. The summed E-state index contributed by atoms with van der Waals surface area (Å²) in [7, 11) is 0. The molecule has 0 aliphatic carbocycles. The average Bonchev–Trinajstić information content (AvgIpc) is 3.32. The van der Waals surface area contributed by atoms with Crippen molar-refractivity contribution >= 4 is 24.2 Å². The third kappa shape index (κ3) is 2.44. The molecule has 2 aromatic rings. The van der Waals surface area contributed by atoms with Crippen LogP contribution >= 0.6 is 0 Å². The quantitative estimate of drug-likeness (QED) is 0.589. The summed E-state index contributed by atoms with van der Waals surface area (Å²) in [6.07, 6.45) is 10.8. The first-order valence-corrected chi connectivity index (χ1v) is 6.91. The van der Waals surface area contributed by atoms with Crippen LogP contribution in [0.15, 0.2) is 57.8 Å². The zero-order valence-electron chi connectivity index (χ0n) is 11.7. The van der Waals surface area contributed by atoms with Gasteiger partial charge in [-0.25, -0.2) is 15.0 Å². The minimum atomic E-state index is 0.233. The third-order valence-electron chi connectivity index (χ3n) is 3.39. The molecule has 0 N–H and O–H groups in total. The van der Waals surface area contributed by atoms with Crippen molar-refractivity contribution in [3.05, 3.63) is 69.6 Å². The van der Waals surface area contributed by atoms with Crippen molar-refractivity contribution < 1.29 is 4.74 Å². The largest absolute Gasteiger partial charge is 0.479 e. The number of hydrogen-bond donors (Lipinski definition) is 0. The summed E-state index contributed by atoms with van der Waals surface area (Å²) in [5.74, 6) is 0. The summed E-state index contributed by atoms with van der Waals surface area (Å²) < 4.78 is 5.38. The first-order valence-electron chi connectivity index (χ1n) is 6.91. The minimum absolute atomic E-state index is 0.233. The number of rotatable bonds is 0. The highest BCUT2D eigenvalue weighted by molar-refractivity contribution is 5.88. The summed E-state index contributed by atoms with van der Waals surface area (Å²) in [6.45, 7) is 0.233. The summed E-state index contributed by atoms with van der Waals surface area (Å²) >= 11 is 0. The lowest BCUT2D eigenvalue weighted by molar-refractivity contribution is 0.258. The highest BCUT2D eigenvalue weighted by Crippen LogP contribution is 2.14. The average molecular weight is 288 g/mol. The van der Waals surface area contributed by atoms with Crippen LogP contribution in [-0.4, -0.2) is 17.9 Å². The zero-order valence-corrected chi connectivity index (χ0v) is 11.7. The van der Waals surface area contributed by atoms with Crippen LogP contribution in [0.4, 0.5) is 5.69 Å². The molecule has 0 unspecified atom stereocenters. The molecule has 0 saturated carbocycles. The normalized spacial score (nSPS) is 14.7. The number of aromatic nitrogens is 1. The Morgan fingerprint density at radius 2 is 2.00 bits per heavy atom. The summed E-state index contributed by atoms with van der Waals surface area (Å²) in [4.78, 5) is 17.2. The molecule has 22 heavy (non-hydrogen) atoms. The minimum Gasteiger partial charge on any atom is -0.479 e. The van der Waals surface area contributed by atoms with Gasteiger partial charge in [0.2, 0.25) is 0 Å². The Bertz CT molecular complexity index is 1040. The van der Waals surface area contributed by atoms with E-state index in [0.717, 1.165) is 32.5 Å². The molecule has 2 aliphatic rings. The molecule has 0 spiro atoms. The van der Waals surface area contributed by atoms with Gasteiger partial charge in [-0.2, -0.15) is 0 Å². The maximum absolute atomic E-state index is 5.38. The molecule has 1 aromatic heterocycles. The van der Waals surface area contributed by atoms with Gasteiger partial charge in [-0.15, -0.1) is 0 Å². The highest BCUT2D eigenvalue weighted by Gasteiger charge is 2.15. The number of benzene rings is 1. The number of ether oxygens (including phenoxy) is 1. The van der Waals surface area contributed by atoms with Crippen molar-refractivity contribution in [1.29, 1.82) is 0 Å². The Kier molecular flexibility index (Phi) is 3.08. The van der Waals surface area contributed by atoms with E-state index in [0.29, 0.717) is 0 Å². The Morgan fingerprint density at radius 1 is 1.09 bits per heavy atom. The monoisotopic (exact) mass is 288 g/mol. The van der Waals surface area contributed by atoms with Crippen LogP contribution in [0.3, 0.4) is 0 Å². The molecular weight excluding hydrogens is 276 g/mol. The maximum Gasteiger partial charge on any atom is 0.179 e. The van der Waals surface area contributed by atoms with Crippen LogP contribution in [0.1, 0.15) is 5.56 Å². The topological polar surface area (TPSA) is 59.2 Å². The second kappa shape index (κ2) is 5.37. The van der Waals surface area contributed by atoms with Crippen molar-refractivity contribution in [3.63, 3.8) is 0 Å². The van der Waals surface area contributed by atoms with Crippen LogP contribution in [0.25, 0.3) is 12.3 Å². The van der Waals surface area contributed by atoms with Crippen molar-refractivity contribution in [3.8, 4) is 0 Å². The molecule has 1 aromatic carbocycles. The molecule has 0 fully saturated rings. The lowest BCUT2D eigenvalue weighted by atomic mass is 10.2. The molecule has 5 nitrogen and oxygen atoms in total. The molecule has 5 heteroatoms. The van der Waals surface area contributed by atoms with Crippen LogP contribution < -0.4 is 21.3 Å². The molecule has 2 aliphatic heterocycles. The van der Waals surface area contributed by atoms with E-state index in [4.69, 9.17) is 4.74 Å². The fourth-order valence-electron chi connectivity index (χ4n) is 2.24. The molecule has 3 heterocycles. The van der Waals surface area contributed by atoms with Crippen LogP contribution in [0.2, 0.25) is 0 Å². The van der Waals surface area contributed by atoms with Crippen molar-refractivity contribution in [2.24, 2.45) is 15.0 Å². The Labute approximate surface area is 126 Å². The van der Waals surface area contributed by atoms with Crippen LogP contribution in [-0.2, 0) is 4.74 Å². The summed E-state index contributed by atoms with van der Waals surface area (Å²) in [6, 6.07) is 8.03. The van der Waals surface area contributed by atoms with E-state index >= 15 is 0 Å².